The average molecular weight is 344 g/mol. The van der Waals surface area contributed by atoms with Crippen molar-refractivity contribution in [2.24, 2.45) is 4.99 Å². The first kappa shape index (κ1) is 16.6. The third kappa shape index (κ3) is 2.84. The molecule has 9 nitrogen and oxygen atoms in total. The number of carbonyl (C=O) groups excluding carboxylic acids is 2. The summed E-state index contributed by atoms with van der Waals surface area (Å²) in [4.78, 5) is 41.0. The van der Waals surface area contributed by atoms with E-state index in [1.165, 1.54) is 36.4 Å². The Labute approximate surface area is 143 Å². The second-order valence-electron chi connectivity index (χ2n) is 5.65. The van der Waals surface area contributed by atoms with Crippen LogP contribution in [0.5, 0.6) is 0 Å². The van der Waals surface area contributed by atoms with Crippen LogP contribution in [-0.4, -0.2) is 41.2 Å². The van der Waals surface area contributed by atoms with Gasteiger partial charge in [-0.15, -0.1) is 0 Å². The van der Waals surface area contributed by atoms with E-state index in [0.717, 1.165) is 0 Å². The molecule has 0 aliphatic carbocycles. The van der Waals surface area contributed by atoms with Gasteiger partial charge in [-0.2, -0.15) is 0 Å². The van der Waals surface area contributed by atoms with Gasteiger partial charge in [0.2, 0.25) is 0 Å². The first-order valence-corrected chi connectivity index (χ1v) is 7.61. The number of ketones is 1. The molecule has 1 aromatic carbocycles. The molecule has 0 saturated heterocycles. The molecule has 0 bridgehead atoms. The molecule has 0 radical (unpaired) electrons. The summed E-state index contributed by atoms with van der Waals surface area (Å²) in [7, 11) is 1.24. The van der Waals surface area contributed by atoms with Gasteiger partial charge in [-0.1, -0.05) is 12.1 Å². The Morgan fingerprint density at radius 3 is 2.92 bits per heavy atom. The SMILES string of the molecule is COC(=O)N1C(C)NC2=C(C(=O)CC=N2)C1c1cccc([N+](=O)[O-])c1. The first-order chi connectivity index (χ1) is 11.9. The van der Waals surface area contributed by atoms with E-state index in [2.05, 4.69) is 10.3 Å². The van der Waals surface area contributed by atoms with Crippen molar-refractivity contribution in [1.29, 1.82) is 0 Å². The van der Waals surface area contributed by atoms with E-state index in [-0.39, 0.29) is 17.9 Å². The van der Waals surface area contributed by atoms with Crippen LogP contribution in [0.1, 0.15) is 24.9 Å². The van der Waals surface area contributed by atoms with Crippen LogP contribution < -0.4 is 5.32 Å². The van der Waals surface area contributed by atoms with Crippen molar-refractivity contribution < 1.29 is 19.2 Å². The Kier molecular flexibility index (Phi) is 4.22. The number of hydrogen-bond donors (Lipinski definition) is 1. The van der Waals surface area contributed by atoms with Crippen LogP contribution in [0.15, 0.2) is 40.7 Å². The van der Waals surface area contributed by atoms with Crippen molar-refractivity contribution in [1.82, 2.24) is 10.2 Å². The summed E-state index contributed by atoms with van der Waals surface area (Å²) in [6.45, 7) is 1.72. The van der Waals surface area contributed by atoms with Crippen LogP contribution in [0.4, 0.5) is 10.5 Å². The third-order valence-electron chi connectivity index (χ3n) is 4.15. The van der Waals surface area contributed by atoms with E-state index in [1.807, 2.05) is 0 Å². The molecule has 1 N–H and O–H groups in total. The number of Topliss-reactive ketones (excluding diaryl/α,β-unsaturated/α-hetero) is 1. The van der Waals surface area contributed by atoms with Gasteiger partial charge in [-0.05, 0) is 12.5 Å². The van der Waals surface area contributed by atoms with E-state index in [0.29, 0.717) is 17.0 Å². The number of carbonyl (C=O) groups is 2. The van der Waals surface area contributed by atoms with Crippen molar-refractivity contribution in [3.63, 3.8) is 0 Å². The van der Waals surface area contributed by atoms with Gasteiger partial charge in [0.1, 0.15) is 12.0 Å². The van der Waals surface area contributed by atoms with Gasteiger partial charge in [0.05, 0.1) is 23.6 Å². The molecule has 130 valence electrons. The normalized spacial score (nSPS) is 22.3. The topological polar surface area (TPSA) is 114 Å². The summed E-state index contributed by atoms with van der Waals surface area (Å²) in [5, 5.41) is 14.1. The molecule has 2 aliphatic heterocycles. The summed E-state index contributed by atoms with van der Waals surface area (Å²) in [5.74, 6) is 0.176. The summed E-state index contributed by atoms with van der Waals surface area (Å²) in [6.07, 6.45) is 0.443. The van der Waals surface area contributed by atoms with Crippen molar-refractivity contribution in [3.05, 3.63) is 51.3 Å². The maximum Gasteiger partial charge on any atom is 0.411 e. The fraction of sp³-hybridized carbons (Fsp3) is 0.312. The fourth-order valence-electron chi connectivity index (χ4n) is 3.06. The molecule has 0 saturated carbocycles. The molecule has 0 aromatic heterocycles. The molecule has 3 rings (SSSR count). The van der Waals surface area contributed by atoms with Gasteiger partial charge in [-0.3, -0.25) is 19.8 Å². The number of amides is 1. The third-order valence-corrected chi connectivity index (χ3v) is 4.15. The largest absolute Gasteiger partial charge is 0.453 e. The van der Waals surface area contributed by atoms with Gasteiger partial charge in [0.25, 0.3) is 5.69 Å². The highest BCUT2D eigenvalue weighted by Crippen LogP contribution is 2.38. The number of nitro benzene ring substituents is 1. The second kappa shape index (κ2) is 6.34. The predicted octanol–water partition coefficient (Wildman–Crippen LogP) is 1.91. The number of nitro groups is 1. The zero-order valence-electron chi connectivity index (χ0n) is 13.6. The van der Waals surface area contributed by atoms with Crippen molar-refractivity contribution in [3.8, 4) is 0 Å². The summed E-state index contributed by atoms with van der Waals surface area (Å²) < 4.78 is 4.85. The van der Waals surface area contributed by atoms with Crippen LogP contribution in [0.2, 0.25) is 0 Å². The number of non-ortho nitro benzene ring substituents is 1. The molecule has 1 amide bonds. The van der Waals surface area contributed by atoms with Gasteiger partial charge < -0.3 is 10.1 Å². The Morgan fingerprint density at radius 1 is 1.48 bits per heavy atom. The fourth-order valence-corrected chi connectivity index (χ4v) is 3.06. The highest BCUT2D eigenvalue weighted by atomic mass is 16.6. The molecule has 2 unspecified atom stereocenters. The molecule has 9 heteroatoms. The van der Waals surface area contributed by atoms with Crippen molar-refractivity contribution >= 4 is 23.8 Å². The van der Waals surface area contributed by atoms with Crippen LogP contribution in [-0.2, 0) is 9.53 Å². The lowest BCUT2D eigenvalue weighted by Gasteiger charge is -2.42. The molecule has 0 spiro atoms. The number of benzene rings is 1. The zero-order chi connectivity index (χ0) is 18.1. The van der Waals surface area contributed by atoms with Crippen molar-refractivity contribution in [2.75, 3.05) is 7.11 Å². The minimum absolute atomic E-state index is 0.106. The van der Waals surface area contributed by atoms with E-state index in [9.17, 15) is 19.7 Å². The van der Waals surface area contributed by atoms with Gasteiger partial charge >= 0.3 is 6.09 Å². The second-order valence-corrected chi connectivity index (χ2v) is 5.65. The zero-order valence-corrected chi connectivity index (χ0v) is 13.6. The molecule has 2 heterocycles. The summed E-state index contributed by atoms with van der Waals surface area (Å²) >= 11 is 0. The predicted molar refractivity (Wildman–Crippen MR) is 87.8 cm³/mol. The summed E-state index contributed by atoms with van der Waals surface area (Å²) in [5.41, 5.74) is 0.625. The van der Waals surface area contributed by atoms with Gasteiger partial charge in [0, 0.05) is 24.8 Å². The minimum atomic E-state index is -0.816. The number of nitrogens with one attached hydrogen (secondary N) is 1. The smallest absolute Gasteiger partial charge is 0.411 e. The highest BCUT2D eigenvalue weighted by Gasteiger charge is 2.42. The average Bonchev–Trinajstić information content (AvgIpc) is 2.60. The minimum Gasteiger partial charge on any atom is -0.453 e. The molecular formula is C16H16N4O5. The lowest BCUT2D eigenvalue weighted by atomic mass is 9.89. The Hall–Kier alpha value is -3.23. The first-order valence-electron chi connectivity index (χ1n) is 7.61. The van der Waals surface area contributed by atoms with Gasteiger partial charge in [-0.25, -0.2) is 9.79 Å². The monoisotopic (exact) mass is 344 g/mol. The number of aliphatic imine (C=N–C) groups is 1. The Morgan fingerprint density at radius 2 is 2.24 bits per heavy atom. The number of hydrogen-bond acceptors (Lipinski definition) is 7. The Balaban J connectivity index is 2.19. The maximum atomic E-state index is 12.5. The quantitative estimate of drug-likeness (QED) is 0.647. The number of rotatable bonds is 2. The van der Waals surface area contributed by atoms with Gasteiger partial charge in [0.15, 0.2) is 5.78 Å². The molecular weight excluding hydrogens is 328 g/mol. The van der Waals surface area contributed by atoms with E-state index in [1.54, 1.807) is 13.0 Å². The number of ether oxygens (including phenoxy) is 1. The van der Waals surface area contributed by atoms with Crippen LogP contribution >= 0.6 is 0 Å². The number of nitrogens with zero attached hydrogens (tertiary/aromatic N) is 3. The lowest BCUT2D eigenvalue weighted by molar-refractivity contribution is -0.384. The van der Waals surface area contributed by atoms with Crippen LogP contribution in [0, 0.1) is 10.1 Å². The van der Waals surface area contributed by atoms with E-state index in [4.69, 9.17) is 4.74 Å². The van der Waals surface area contributed by atoms with E-state index < -0.39 is 23.2 Å². The molecule has 2 aliphatic rings. The molecule has 25 heavy (non-hydrogen) atoms. The lowest BCUT2D eigenvalue weighted by Crippen LogP contribution is -2.54. The standard InChI is InChI=1S/C16H16N4O5/c1-9-18-15-13(12(21)6-7-17-15)14(19(9)16(22)25-2)10-4-3-5-11(8-10)20(23)24/h3-5,7-9,14,18H,6H2,1-2H3. The molecule has 1 aromatic rings. The Bertz CT molecular complexity index is 816. The maximum absolute atomic E-state index is 12.5. The summed E-state index contributed by atoms with van der Waals surface area (Å²) in [6, 6.07) is 5.05. The molecule has 0 fully saturated rings. The van der Waals surface area contributed by atoms with Crippen molar-refractivity contribution in [2.45, 2.75) is 25.6 Å². The highest BCUT2D eigenvalue weighted by molar-refractivity contribution is 6.07. The van der Waals surface area contributed by atoms with Crippen LogP contribution in [0.3, 0.4) is 0 Å². The van der Waals surface area contributed by atoms with Crippen LogP contribution in [0.25, 0.3) is 0 Å². The van der Waals surface area contributed by atoms with E-state index >= 15 is 0 Å². The molecule has 2 atom stereocenters. The number of methoxy groups -OCH3 is 1.